The van der Waals surface area contributed by atoms with Crippen LogP contribution in [-0.4, -0.2) is 17.0 Å². The quantitative estimate of drug-likeness (QED) is 0.524. The van der Waals surface area contributed by atoms with Gasteiger partial charge in [0, 0.05) is 17.7 Å². The van der Waals surface area contributed by atoms with Crippen molar-refractivity contribution in [1.29, 1.82) is 0 Å². The minimum absolute atomic E-state index is 0.0399. The lowest BCUT2D eigenvalue weighted by atomic mass is 10.2. The van der Waals surface area contributed by atoms with Crippen molar-refractivity contribution in [2.24, 2.45) is 5.10 Å². The fourth-order valence-corrected chi connectivity index (χ4v) is 1.50. The highest BCUT2D eigenvalue weighted by Gasteiger charge is 2.08. The van der Waals surface area contributed by atoms with Gasteiger partial charge in [-0.05, 0) is 19.1 Å². The Kier molecular flexibility index (Phi) is 3.90. The molecule has 0 aliphatic carbocycles. The second-order valence-corrected chi connectivity index (χ2v) is 3.96. The molecule has 1 heterocycles. The molecule has 7 heteroatoms. The molecule has 0 unspecified atom stereocenters. The van der Waals surface area contributed by atoms with E-state index < -0.39 is 10.8 Å². The van der Waals surface area contributed by atoms with Crippen LogP contribution in [0.3, 0.4) is 0 Å². The Morgan fingerprint density at radius 1 is 1.40 bits per heavy atom. The van der Waals surface area contributed by atoms with Crippen LogP contribution in [0.4, 0.5) is 5.69 Å². The van der Waals surface area contributed by atoms with E-state index in [1.54, 1.807) is 19.1 Å². The lowest BCUT2D eigenvalue weighted by molar-refractivity contribution is -0.384. The summed E-state index contributed by atoms with van der Waals surface area (Å²) in [7, 11) is 0. The van der Waals surface area contributed by atoms with Gasteiger partial charge < -0.3 is 4.42 Å². The number of nitro groups is 1. The third-order valence-electron chi connectivity index (χ3n) is 2.42. The number of hydrogen-bond acceptors (Lipinski definition) is 5. The van der Waals surface area contributed by atoms with Crippen LogP contribution in [0.15, 0.2) is 45.9 Å². The van der Waals surface area contributed by atoms with Gasteiger partial charge in [-0.3, -0.25) is 14.9 Å². The molecule has 102 valence electrons. The number of benzene rings is 1. The van der Waals surface area contributed by atoms with Gasteiger partial charge in [-0.25, -0.2) is 5.43 Å². The van der Waals surface area contributed by atoms with Gasteiger partial charge in [0.2, 0.25) is 0 Å². The Morgan fingerprint density at radius 3 is 2.85 bits per heavy atom. The summed E-state index contributed by atoms with van der Waals surface area (Å²) >= 11 is 0. The van der Waals surface area contributed by atoms with E-state index in [1.807, 2.05) is 0 Å². The molecule has 20 heavy (non-hydrogen) atoms. The molecule has 1 amide bonds. The number of nitrogens with one attached hydrogen (secondary N) is 1. The predicted octanol–water partition coefficient (Wildman–Crippen LogP) is 2.26. The van der Waals surface area contributed by atoms with Crippen LogP contribution in [0.1, 0.15) is 21.9 Å². The SMILES string of the molecule is Cc1ccc(C(=O)NN=Cc2cccc([N+](=O)[O-])c2)o1. The minimum Gasteiger partial charge on any atom is -0.456 e. The second-order valence-electron chi connectivity index (χ2n) is 3.96. The first-order chi connectivity index (χ1) is 9.56. The number of furan rings is 1. The monoisotopic (exact) mass is 273 g/mol. The molecule has 2 rings (SSSR count). The summed E-state index contributed by atoms with van der Waals surface area (Å²) in [4.78, 5) is 21.7. The molecule has 1 N–H and O–H groups in total. The van der Waals surface area contributed by atoms with Crippen LogP contribution in [0, 0.1) is 17.0 Å². The number of hydrazone groups is 1. The highest BCUT2D eigenvalue weighted by Crippen LogP contribution is 2.11. The summed E-state index contributed by atoms with van der Waals surface area (Å²) in [6, 6.07) is 9.11. The van der Waals surface area contributed by atoms with Gasteiger partial charge in [0.25, 0.3) is 5.69 Å². The van der Waals surface area contributed by atoms with E-state index in [1.165, 1.54) is 30.5 Å². The molecule has 7 nitrogen and oxygen atoms in total. The molecule has 0 radical (unpaired) electrons. The number of carbonyl (C=O) groups is 1. The first-order valence-electron chi connectivity index (χ1n) is 5.70. The molecule has 0 saturated heterocycles. The van der Waals surface area contributed by atoms with Gasteiger partial charge in [0.1, 0.15) is 5.76 Å². The fourth-order valence-electron chi connectivity index (χ4n) is 1.50. The number of rotatable bonds is 4. The topological polar surface area (TPSA) is 97.7 Å². The first-order valence-corrected chi connectivity index (χ1v) is 5.70. The van der Waals surface area contributed by atoms with Crippen molar-refractivity contribution in [3.8, 4) is 0 Å². The van der Waals surface area contributed by atoms with Crippen LogP contribution in [0.5, 0.6) is 0 Å². The van der Waals surface area contributed by atoms with Crippen LogP contribution in [-0.2, 0) is 0 Å². The summed E-state index contributed by atoms with van der Waals surface area (Å²) in [6.45, 7) is 1.73. The van der Waals surface area contributed by atoms with Crippen molar-refractivity contribution in [3.05, 3.63) is 63.6 Å². The number of non-ortho nitro benzene ring substituents is 1. The van der Waals surface area contributed by atoms with E-state index in [2.05, 4.69) is 10.5 Å². The smallest absolute Gasteiger partial charge is 0.307 e. The van der Waals surface area contributed by atoms with E-state index in [4.69, 9.17) is 4.42 Å². The van der Waals surface area contributed by atoms with Crippen molar-refractivity contribution < 1.29 is 14.1 Å². The Bertz CT molecular complexity index is 676. The largest absolute Gasteiger partial charge is 0.456 e. The molecule has 0 aliphatic heterocycles. The maximum absolute atomic E-state index is 11.6. The fraction of sp³-hybridized carbons (Fsp3) is 0.0769. The molecule has 1 aromatic heterocycles. The van der Waals surface area contributed by atoms with E-state index in [0.717, 1.165) is 0 Å². The third kappa shape index (κ3) is 3.29. The molecule has 0 bridgehead atoms. The van der Waals surface area contributed by atoms with Crippen molar-refractivity contribution >= 4 is 17.8 Å². The van der Waals surface area contributed by atoms with E-state index in [0.29, 0.717) is 11.3 Å². The molecular weight excluding hydrogens is 262 g/mol. The Morgan fingerprint density at radius 2 is 2.20 bits per heavy atom. The molecule has 0 saturated carbocycles. The van der Waals surface area contributed by atoms with Crippen LogP contribution >= 0.6 is 0 Å². The van der Waals surface area contributed by atoms with Gasteiger partial charge in [-0.1, -0.05) is 12.1 Å². The molecule has 0 aliphatic rings. The standard InChI is InChI=1S/C13H11N3O4/c1-9-5-6-12(20-9)13(17)15-14-8-10-3-2-4-11(7-10)16(18)19/h2-8H,1H3,(H,15,17). The minimum atomic E-state index is -0.498. The zero-order valence-corrected chi connectivity index (χ0v) is 10.6. The predicted molar refractivity (Wildman–Crippen MR) is 71.6 cm³/mol. The van der Waals surface area contributed by atoms with Crippen molar-refractivity contribution in [1.82, 2.24) is 5.43 Å². The summed E-state index contributed by atoms with van der Waals surface area (Å²) < 4.78 is 5.12. The van der Waals surface area contributed by atoms with Gasteiger partial charge in [-0.15, -0.1) is 0 Å². The van der Waals surface area contributed by atoms with E-state index in [-0.39, 0.29) is 11.4 Å². The van der Waals surface area contributed by atoms with Gasteiger partial charge >= 0.3 is 5.91 Å². The van der Waals surface area contributed by atoms with Crippen LogP contribution < -0.4 is 5.43 Å². The zero-order chi connectivity index (χ0) is 14.5. The highest BCUT2D eigenvalue weighted by molar-refractivity contribution is 5.92. The Labute approximate surface area is 114 Å². The van der Waals surface area contributed by atoms with Gasteiger partial charge in [0.05, 0.1) is 11.1 Å². The first kappa shape index (κ1) is 13.5. The van der Waals surface area contributed by atoms with Crippen molar-refractivity contribution in [2.75, 3.05) is 0 Å². The molecule has 1 aromatic carbocycles. The van der Waals surface area contributed by atoms with Crippen molar-refractivity contribution in [3.63, 3.8) is 0 Å². The number of nitro benzene ring substituents is 1. The number of aryl methyl sites for hydroxylation is 1. The van der Waals surface area contributed by atoms with Crippen molar-refractivity contribution in [2.45, 2.75) is 6.92 Å². The van der Waals surface area contributed by atoms with Crippen LogP contribution in [0.25, 0.3) is 0 Å². The molecule has 0 atom stereocenters. The normalized spacial score (nSPS) is 10.7. The molecule has 0 spiro atoms. The average molecular weight is 273 g/mol. The lowest BCUT2D eigenvalue weighted by Crippen LogP contribution is -2.16. The Hall–Kier alpha value is -2.96. The Balaban J connectivity index is 2.01. The number of carbonyl (C=O) groups excluding carboxylic acids is 1. The summed E-state index contributed by atoms with van der Waals surface area (Å²) in [6.07, 6.45) is 1.32. The van der Waals surface area contributed by atoms with Crippen LogP contribution in [0.2, 0.25) is 0 Å². The van der Waals surface area contributed by atoms with E-state index >= 15 is 0 Å². The molecule has 2 aromatic rings. The number of nitrogens with zero attached hydrogens (tertiary/aromatic N) is 2. The molecular formula is C13H11N3O4. The summed E-state index contributed by atoms with van der Waals surface area (Å²) in [5.74, 6) is 0.288. The van der Waals surface area contributed by atoms with E-state index in [9.17, 15) is 14.9 Å². The third-order valence-corrected chi connectivity index (χ3v) is 2.42. The lowest BCUT2D eigenvalue weighted by Gasteiger charge is -1.96. The van der Waals surface area contributed by atoms with Gasteiger partial charge in [-0.2, -0.15) is 5.10 Å². The number of hydrogen-bond donors (Lipinski definition) is 1. The maximum atomic E-state index is 11.6. The summed E-state index contributed by atoms with van der Waals surface area (Å²) in [5.41, 5.74) is 2.75. The second kappa shape index (κ2) is 5.79. The zero-order valence-electron chi connectivity index (χ0n) is 10.6. The van der Waals surface area contributed by atoms with Gasteiger partial charge in [0.15, 0.2) is 5.76 Å². The summed E-state index contributed by atoms with van der Waals surface area (Å²) in [5, 5.41) is 14.3. The highest BCUT2D eigenvalue weighted by atomic mass is 16.6. The maximum Gasteiger partial charge on any atom is 0.307 e. The number of amides is 1. The molecule has 0 fully saturated rings. The average Bonchev–Trinajstić information content (AvgIpc) is 2.86.